The largest absolute Gasteiger partial charge is 0.346 e. The number of aromatic amines is 1. The van der Waals surface area contributed by atoms with Gasteiger partial charge in [-0.25, -0.2) is 9.97 Å². The van der Waals surface area contributed by atoms with Crippen molar-refractivity contribution in [2.24, 2.45) is 5.92 Å². The molecule has 0 bridgehead atoms. The maximum absolute atomic E-state index is 12.9. The number of nitrogens with one attached hydrogen (secondary N) is 1. The number of carbonyl (C=O) groups excluding carboxylic acids is 2. The van der Waals surface area contributed by atoms with Crippen LogP contribution in [0.5, 0.6) is 0 Å². The monoisotopic (exact) mass is 435 g/mol. The van der Waals surface area contributed by atoms with Crippen LogP contribution in [0.4, 0.5) is 5.82 Å². The third kappa shape index (κ3) is 3.70. The van der Waals surface area contributed by atoms with E-state index in [0.29, 0.717) is 29.6 Å². The van der Waals surface area contributed by atoms with Crippen LogP contribution in [-0.4, -0.2) is 51.3 Å². The number of anilines is 1. The van der Waals surface area contributed by atoms with E-state index in [4.69, 9.17) is 11.6 Å². The van der Waals surface area contributed by atoms with Crippen LogP contribution in [0, 0.1) is 5.92 Å². The Morgan fingerprint density at radius 3 is 2.87 bits per heavy atom. The molecule has 3 aromatic rings. The van der Waals surface area contributed by atoms with Crippen molar-refractivity contribution in [2.45, 2.75) is 25.8 Å². The molecular formula is C23H22ClN5O2. The predicted molar refractivity (Wildman–Crippen MR) is 120 cm³/mol. The van der Waals surface area contributed by atoms with Gasteiger partial charge in [0.2, 0.25) is 6.41 Å². The highest BCUT2D eigenvalue weighted by molar-refractivity contribution is 6.29. The number of pyridine rings is 2. The van der Waals surface area contributed by atoms with Crippen molar-refractivity contribution in [2.75, 3.05) is 18.0 Å². The van der Waals surface area contributed by atoms with Gasteiger partial charge in [-0.15, -0.1) is 0 Å². The van der Waals surface area contributed by atoms with Gasteiger partial charge in [-0.2, -0.15) is 0 Å². The zero-order valence-electron chi connectivity index (χ0n) is 17.1. The van der Waals surface area contributed by atoms with Crippen LogP contribution in [0.2, 0.25) is 5.15 Å². The average Bonchev–Trinajstić information content (AvgIpc) is 3.49. The number of carbonyl (C=O) groups is 2. The molecule has 3 aromatic heterocycles. The summed E-state index contributed by atoms with van der Waals surface area (Å²) >= 11 is 5.95. The Bertz CT molecular complexity index is 1200. The fourth-order valence-corrected chi connectivity index (χ4v) is 4.42. The SMILES string of the molecule is CC1CN(C(=O)c2ccnc(Cl)c2)CC=C1c1cc(N(C=O)C2CC2)nc2[nH]ccc12. The maximum atomic E-state index is 12.9. The third-order valence-corrected chi connectivity index (χ3v) is 6.17. The third-order valence-electron chi connectivity index (χ3n) is 5.96. The molecule has 5 rings (SSSR count). The summed E-state index contributed by atoms with van der Waals surface area (Å²) in [5.41, 5.74) is 3.51. The smallest absolute Gasteiger partial charge is 0.254 e. The van der Waals surface area contributed by atoms with Crippen molar-refractivity contribution >= 4 is 46.3 Å². The number of halogens is 1. The van der Waals surface area contributed by atoms with Crippen molar-refractivity contribution < 1.29 is 9.59 Å². The summed E-state index contributed by atoms with van der Waals surface area (Å²) in [6.45, 7) is 3.21. The maximum Gasteiger partial charge on any atom is 0.254 e. The Hall–Kier alpha value is -3.19. The van der Waals surface area contributed by atoms with Crippen LogP contribution >= 0.6 is 11.6 Å². The van der Waals surface area contributed by atoms with Gasteiger partial charge in [0.1, 0.15) is 16.6 Å². The Morgan fingerprint density at radius 2 is 2.16 bits per heavy atom. The molecule has 1 aliphatic carbocycles. The molecule has 0 radical (unpaired) electrons. The summed E-state index contributed by atoms with van der Waals surface area (Å²) < 4.78 is 0. The van der Waals surface area contributed by atoms with Gasteiger partial charge in [0.05, 0.1) is 0 Å². The first kappa shape index (κ1) is 19.8. The minimum atomic E-state index is -0.0606. The Kier molecular flexibility index (Phi) is 4.98. The van der Waals surface area contributed by atoms with Crippen molar-refractivity contribution in [1.82, 2.24) is 19.9 Å². The summed E-state index contributed by atoms with van der Waals surface area (Å²) in [7, 11) is 0. The minimum absolute atomic E-state index is 0.0606. The zero-order chi connectivity index (χ0) is 21.5. The fourth-order valence-electron chi connectivity index (χ4n) is 4.25. The molecule has 0 aromatic carbocycles. The van der Waals surface area contributed by atoms with Crippen LogP contribution in [0.3, 0.4) is 0 Å². The number of amides is 2. The van der Waals surface area contributed by atoms with Crippen LogP contribution in [0.25, 0.3) is 16.6 Å². The van der Waals surface area contributed by atoms with Crippen LogP contribution in [0.15, 0.2) is 42.7 Å². The average molecular weight is 436 g/mol. The topological polar surface area (TPSA) is 82.2 Å². The Labute approximate surface area is 184 Å². The highest BCUT2D eigenvalue weighted by atomic mass is 35.5. The molecule has 0 spiro atoms. The van der Waals surface area contributed by atoms with Crippen molar-refractivity contribution in [3.05, 3.63) is 59.0 Å². The first-order valence-corrected chi connectivity index (χ1v) is 10.8. The molecule has 8 heteroatoms. The van der Waals surface area contributed by atoms with Gasteiger partial charge in [0.15, 0.2) is 0 Å². The second-order valence-electron chi connectivity index (χ2n) is 8.15. The van der Waals surface area contributed by atoms with E-state index in [1.807, 2.05) is 23.2 Å². The van der Waals surface area contributed by atoms with E-state index in [-0.39, 0.29) is 17.9 Å². The van der Waals surface area contributed by atoms with E-state index in [1.54, 1.807) is 23.2 Å². The van der Waals surface area contributed by atoms with Crippen LogP contribution in [-0.2, 0) is 4.79 Å². The molecule has 2 aliphatic rings. The number of nitrogens with zero attached hydrogens (tertiary/aromatic N) is 4. The molecule has 31 heavy (non-hydrogen) atoms. The number of aromatic nitrogens is 3. The number of fused-ring (bicyclic) bond motifs is 1. The summed E-state index contributed by atoms with van der Waals surface area (Å²) in [6.07, 6.45) is 8.40. The molecule has 4 heterocycles. The van der Waals surface area contributed by atoms with E-state index in [2.05, 4.69) is 28.0 Å². The molecule has 1 aliphatic heterocycles. The molecule has 7 nitrogen and oxygen atoms in total. The fraction of sp³-hybridized carbons (Fsp3) is 0.304. The lowest BCUT2D eigenvalue weighted by Crippen LogP contribution is -2.38. The van der Waals surface area contributed by atoms with E-state index in [1.165, 1.54) is 0 Å². The lowest BCUT2D eigenvalue weighted by Gasteiger charge is -2.32. The lowest BCUT2D eigenvalue weighted by molar-refractivity contribution is -0.107. The first-order chi connectivity index (χ1) is 15.0. The second kappa shape index (κ2) is 7.81. The molecule has 1 fully saturated rings. The standard InChI is InChI=1S/C23H22ClN5O2/c1-14-12-28(23(31)15-4-7-25-20(24)10-15)9-6-17(14)19-11-21(29(13-30)16-2-3-16)27-22-18(19)5-8-26-22/h4-8,10-11,13-14,16H,2-3,9,12H2,1H3,(H,26,27). The quantitative estimate of drug-likeness (QED) is 0.486. The number of hydrogen-bond acceptors (Lipinski definition) is 4. The Morgan fingerprint density at radius 1 is 1.32 bits per heavy atom. The van der Waals surface area contributed by atoms with Gasteiger partial charge in [-0.1, -0.05) is 24.6 Å². The zero-order valence-corrected chi connectivity index (χ0v) is 17.8. The van der Waals surface area contributed by atoms with Gasteiger partial charge in [0, 0.05) is 42.5 Å². The molecule has 1 unspecified atom stereocenters. The van der Waals surface area contributed by atoms with Crippen molar-refractivity contribution in [3.63, 3.8) is 0 Å². The number of rotatable bonds is 5. The summed E-state index contributed by atoms with van der Waals surface area (Å²) in [5.74, 6) is 0.726. The van der Waals surface area contributed by atoms with Gasteiger partial charge in [0.25, 0.3) is 5.91 Å². The predicted octanol–water partition coefficient (Wildman–Crippen LogP) is 3.91. The van der Waals surface area contributed by atoms with E-state index >= 15 is 0 Å². The first-order valence-electron chi connectivity index (χ1n) is 10.4. The van der Waals surface area contributed by atoms with Crippen LogP contribution in [0.1, 0.15) is 35.7 Å². The van der Waals surface area contributed by atoms with E-state index < -0.39 is 0 Å². The number of H-pyrrole nitrogens is 1. The van der Waals surface area contributed by atoms with Gasteiger partial charge in [-0.05, 0) is 54.2 Å². The van der Waals surface area contributed by atoms with Crippen molar-refractivity contribution in [3.8, 4) is 0 Å². The highest BCUT2D eigenvalue weighted by Crippen LogP contribution is 2.37. The van der Waals surface area contributed by atoms with Gasteiger partial charge >= 0.3 is 0 Å². The van der Waals surface area contributed by atoms with E-state index in [0.717, 1.165) is 41.4 Å². The molecule has 158 valence electrons. The number of hydrogen-bond donors (Lipinski definition) is 1. The molecule has 0 saturated heterocycles. The second-order valence-corrected chi connectivity index (χ2v) is 8.54. The molecule has 2 amide bonds. The van der Waals surface area contributed by atoms with E-state index in [9.17, 15) is 9.59 Å². The van der Waals surface area contributed by atoms with Gasteiger partial charge in [-0.3, -0.25) is 14.5 Å². The Balaban J connectivity index is 1.48. The summed E-state index contributed by atoms with van der Waals surface area (Å²) in [5, 5.41) is 1.32. The normalized spacial score (nSPS) is 18.7. The summed E-state index contributed by atoms with van der Waals surface area (Å²) in [6, 6.07) is 7.53. The van der Waals surface area contributed by atoms with Crippen LogP contribution < -0.4 is 4.90 Å². The summed E-state index contributed by atoms with van der Waals surface area (Å²) in [4.78, 5) is 40.0. The molecule has 1 N–H and O–H groups in total. The highest BCUT2D eigenvalue weighted by Gasteiger charge is 2.31. The molecule has 1 atom stereocenters. The lowest BCUT2D eigenvalue weighted by atomic mass is 9.89. The van der Waals surface area contributed by atoms with Gasteiger partial charge < -0.3 is 9.88 Å². The van der Waals surface area contributed by atoms with Crippen molar-refractivity contribution in [1.29, 1.82) is 0 Å². The molecule has 1 saturated carbocycles. The minimum Gasteiger partial charge on any atom is -0.346 e. The molecular weight excluding hydrogens is 414 g/mol.